The smallest absolute Gasteiger partial charge is 0.338 e. The number of nitrogens with one attached hydrogen (secondary N) is 2. The summed E-state index contributed by atoms with van der Waals surface area (Å²) in [5.41, 5.74) is 3.24. The van der Waals surface area contributed by atoms with E-state index in [0.717, 1.165) is 29.5 Å². The molecule has 1 aliphatic heterocycles. The van der Waals surface area contributed by atoms with Crippen LogP contribution in [0.5, 0.6) is 0 Å². The van der Waals surface area contributed by atoms with Crippen molar-refractivity contribution in [2.45, 2.75) is 69.7 Å². The Morgan fingerprint density at radius 2 is 1.77 bits per heavy atom. The summed E-state index contributed by atoms with van der Waals surface area (Å²) in [7, 11) is 0. The van der Waals surface area contributed by atoms with E-state index in [1.807, 2.05) is 55.5 Å². The van der Waals surface area contributed by atoms with E-state index < -0.39 is 12.3 Å². The van der Waals surface area contributed by atoms with Gasteiger partial charge in [0.1, 0.15) is 5.03 Å². The van der Waals surface area contributed by atoms with Crippen LogP contribution >= 0.6 is 11.8 Å². The molecule has 10 nitrogen and oxygen atoms in total. The minimum atomic E-state index is -1.04. The normalized spacial score (nSPS) is 19.7. The zero-order valence-electron chi connectivity index (χ0n) is 24.9. The zero-order valence-corrected chi connectivity index (χ0v) is 25.7. The number of carbonyl (C=O) groups is 3. The van der Waals surface area contributed by atoms with Crippen molar-refractivity contribution >= 4 is 35.2 Å². The van der Waals surface area contributed by atoms with Crippen molar-refractivity contribution < 1.29 is 34.1 Å². The molecule has 2 heterocycles. The maximum absolute atomic E-state index is 12.6. The van der Waals surface area contributed by atoms with Gasteiger partial charge in [-0.25, -0.2) is 9.78 Å². The second kappa shape index (κ2) is 16.3. The summed E-state index contributed by atoms with van der Waals surface area (Å²) in [4.78, 5) is 39.6. The first kappa shape index (κ1) is 33.1. The topological polar surface area (TPSA) is 147 Å². The summed E-state index contributed by atoms with van der Waals surface area (Å²) in [6.45, 7) is 4.07. The summed E-state index contributed by atoms with van der Waals surface area (Å²) in [5.74, 6) is -0.836. The van der Waals surface area contributed by atoms with Crippen molar-refractivity contribution in [1.29, 1.82) is 0 Å². The van der Waals surface area contributed by atoms with Gasteiger partial charge in [0.15, 0.2) is 6.29 Å². The van der Waals surface area contributed by atoms with E-state index >= 15 is 0 Å². The first-order valence-electron chi connectivity index (χ1n) is 14.7. The highest BCUT2D eigenvalue weighted by Crippen LogP contribution is 2.43. The number of ether oxygens (including phenoxy) is 2. The van der Waals surface area contributed by atoms with Crippen LogP contribution in [0.2, 0.25) is 0 Å². The van der Waals surface area contributed by atoms with Crippen molar-refractivity contribution in [3.63, 3.8) is 0 Å². The predicted molar refractivity (Wildman–Crippen MR) is 167 cm³/mol. The van der Waals surface area contributed by atoms with Crippen molar-refractivity contribution in [3.8, 4) is 0 Å². The Balaban J connectivity index is 1.47. The number of aliphatic hydroxyl groups is 1. The average molecular weight is 622 g/mol. The number of unbranched alkanes of at least 4 members (excludes halogenated alkanes) is 2. The molecule has 0 radical (unpaired) electrons. The lowest BCUT2D eigenvalue weighted by molar-refractivity contribution is -0.268. The number of nitrogens with zero attached hydrogens (tertiary/aromatic N) is 1. The zero-order chi connectivity index (χ0) is 31.5. The van der Waals surface area contributed by atoms with Gasteiger partial charge >= 0.3 is 5.97 Å². The molecule has 44 heavy (non-hydrogen) atoms. The molecule has 1 aliphatic rings. The van der Waals surface area contributed by atoms with E-state index in [1.54, 1.807) is 12.3 Å². The highest BCUT2D eigenvalue weighted by atomic mass is 32.2. The fraction of sp³-hybridized carbons (Fsp3) is 0.394. The predicted octanol–water partition coefficient (Wildman–Crippen LogP) is 5.49. The summed E-state index contributed by atoms with van der Waals surface area (Å²) >= 11 is 1.33. The van der Waals surface area contributed by atoms with Crippen LogP contribution in [0.4, 0.5) is 5.69 Å². The van der Waals surface area contributed by atoms with Gasteiger partial charge in [-0.15, -0.1) is 11.8 Å². The number of anilines is 1. The first-order valence-corrected chi connectivity index (χ1v) is 15.7. The molecule has 11 heteroatoms. The van der Waals surface area contributed by atoms with E-state index in [2.05, 4.69) is 15.6 Å². The molecule has 0 saturated carbocycles. The number of aliphatic hydroxyl groups excluding tert-OH is 1. The number of carbonyl (C=O) groups excluding carboxylic acids is 2. The number of hydrogen-bond donors (Lipinski definition) is 4. The van der Waals surface area contributed by atoms with Crippen molar-refractivity contribution in [2.24, 2.45) is 5.92 Å². The van der Waals surface area contributed by atoms with Gasteiger partial charge < -0.3 is 30.3 Å². The van der Waals surface area contributed by atoms with E-state index in [4.69, 9.17) is 9.47 Å². The molecule has 0 bridgehead atoms. The molecular formula is C33H39N3O7S. The minimum Gasteiger partial charge on any atom is -0.478 e. The van der Waals surface area contributed by atoms with E-state index in [0.29, 0.717) is 35.9 Å². The Hall–Kier alpha value is -3.77. The molecule has 1 fully saturated rings. The number of hydrogen-bond acceptors (Lipinski definition) is 8. The lowest BCUT2D eigenvalue weighted by atomic mass is 9.91. The number of carboxylic acid groups (broad SMARTS) is 1. The lowest BCUT2D eigenvalue weighted by Gasteiger charge is -2.41. The second-order valence-corrected chi connectivity index (χ2v) is 11.8. The Morgan fingerprint density at radius 3 is 2.50 bits per heavy atom. The number of carboxylic acids is 1. The molecule has 2 amide bonds. The summed E-state index contributed by atoms with van der Waals surface area (Å²) in [6, 6.07) is 18.1. The third kappa shape index (κ3) is 9.36. The first-order chi connectivity index (χ1) is 21.2. The van der Waals surface area contributed by atoms with Gasteiger partial charge in [-0.2, -0.15) is 0 Å². The molecule has 1 saturated heterocycles. The fourth-order valence-corrected chi connectivity index (χ4v) is 6.13. The molecule has 234 valence electrons. The third-order valence-corrected chi connectivity index (χ3v) is 8.50. The highest BCUT2D eigenvalue weighted by molar-refractivity contribution is 7.99. The minimum absolute atomic E-state index is 0.0560. The second-order valence-electron chi connectivity index (χ2n) is 10.8. The van der Waals surface area contributed by atoms with Crippen LogP contribution in [0.3, 0.4) is 0 Å². The highest BCUT2D eigenvalue weighted by Gasteiger charge is 2.38. The van der Waals surface area contributed by atoms with Gasteiger partial charge in [-0.1, -0.05) is 49.7 Å². The van der Waals surface area contributed by atoms with Gasteiger partial charge in [0, 0.05) is 49.0 Å². The summed E-state index contributed by atoms with van der Waals surface area (Å²) in [5, 5.41) is 25.2. The quantitative estimate of drug-likeness (QED) is 0.135. The number of amides is 2. The summed E-state index contributed by atoms with van der Waals surface area (Å²) < 4.78 is 13.0. The summed E-state index contributed by atoms with van der Waals surface area (Å²) in [6.07, 6.45) is 2.91. The number of benzene rings is 2. The van der Waals surface area contributed by atoms with Crippen LogP contribution < -0.4 is 10.6 Å². The van der Waals surface area contributed by atoms with Gasteiger partial charge in [-0.05, 0) is 48.2 Å². The van der Waals surface area contributed by atoms with Crippen molar-refractivity contribution in [3.05, 3.63) is 89.1 Å². The molecule has 4 unspecified atom stereocenters. The van der Waals surface area contributed by atoms with Gasteiger partial charge in [0.25, 0.3) is 0 Å². The fourth-order valence-electron chi connectivity index (χ4n) is 4.98. The van der Waals surface area contributed by atoms with Crippen LogP contribution in [-0.4, -0.2) is 51.4 Å². The Kier molecular flexibility index (Phi) is 12.3. The van der Waals surface area contributed by atoms with Crippen LogP contribution in [0.1, 0.15) is 79.0 Å². The van der Waals surface area contributed by atoms with Gasteiger partial charge in [0.2, 0.25) is 11.8 Å². The van der Waals surface area contributed by atoms with E-state index in [1.165, 1.54) is 24.8 Å². The van der Waals surface area contributed by atoms with Crippen LogP contribution in [0.15, 0.2) is 71.9 Å². The van der Waals surface area contributed by atoms with E-state index in [9.17, 15) is 24.6 Å². The van der Waals surface area contributed by atoms with Crippen molar-refractivity contribution in [2.75, 3.05) is 17.6 Å². The molecule has 4 rings (SSSR count). The van der Waals surface area contributed by atoms with Crippen LogP contribution in [-0.2, 0) is 25.7 Å². The molecule has 3 aromatic rings. The Morgan fingerprint density at radius 1 is 0.977 bits per heavy atom. The number of rotatable bonds is 14. The molecule has 4 N–H and O–H groups in total. The Bertz CT molecular complexity index is 1420. The largest absolute Gasteiger partial charge is 0.478 e. The molecular weight excluding hydrogens is 582 g/mol. The maximum atomic E-state index is 12.6. The maximum Gasteiger partial charge on any atom is 0.338 e. The van der Waals surface area contributed by atoms with E-state index in [-0.39, 0.29) is 42.1 Å². The monoisotopic (exact) mass is 621 g/mol. The third-order valence-electron chi connectivity index (χ3n) is 7.41. The molecule has 0 spiro atoms. The number of aromatic carboxylic acids is 1. The standard InChI is InChI=1S/C33H39N3O7S/c1-21-28(20-44-31-27(32(40)41)10-7-17-35-31)42-33(43-30(21)24-14-12-23(19-37)13-15-24)25-8-6-9-26(18-25)36-29(39)11-4-3-5-16-34-22(2)38/h6-10,12-15,17-18,21,28,30,33,37H,3-5,11,16,19-20H2,1-2H3,(H,34,38)(H,36,39)(H,40,41). The van der Waals surface area contributed by atoms with Gasteiger partial charge in [-0.3, -0.25) is 9.59 Å². The van der Waals surface area contributed by atoms with Crippen molar-refractivity contribution in [1.82, 2.24) is 10.3 Å². The SMILES string of the molecule is CC(=O)NCCCCCC(=O)Nc1cccc(C2OC(CSc3ncccc3C(=O)O)C(C)C(c3ccc(CO)cc3)O2)c1. The van der Waals surface area contributed by atoms with Crippen LogP contribution in [0, 0.1) is 5.92 Å². The van der Waals surface area contributed by atoms with Crippen LogP contribution in [0.25, 0.3) is 0 Å². The molecule has 4 atom stereocenters. The number of pyridine rings is 1. The Labute approximate surface area is 261 Å². The molecule has 0 aliphatic carbocycles. The molecule has 2 aromatic carbocycles. The lowest BCUT2D eigenvalue weighted by Crippen LogP contribution is -2.38. The molecule has 1 aromatic heterocycles. The average Bonchev–Trinajstić information content (AvgIpc) is 3.02. The number of thioether (sulfide) groups is 1. The van der Waals surface area contributed by atoms with Gasteiger partial charge in [0.05, 0.1) is 24.4 Å². The number of aromatic nitrogens is 1.